The number of pyridine rings is 1. The van der Waals surface area contributed by atoms with E-state index in [1.54, 1.807) is 11.0 Å². The molecule has 23 heavy (non-hydrogen) atoms. The maximum absolute atomic E-state index is 12.4. The number of nitrogens with zero attached hydrogens (tertiary/aromatic N) is 3. The van der Waals surface area contributed by atoms with Gasteiger partial charge in [-0.25, -0.2) is 0 Å². The Morgan fingerprint density at radius 3 is 3.00 bits per heavy atom. The van der Waals surface area contributed by atoms with E-state index in [0.717, 1.165) is 0 Å². The molecule has 0 aromatic carbocycles. The predicted molar refractivity (Wildman–Crippen MR) is 80.6 cm³/mol. The van der Waals surface area contributed by atoms with Gasteiger partial charge in [0.1, 0.15) is 6.10 Å². The van der Waals surface area contributed by atoms with Crippen molar-refractivity contribution < 1.29 is 14.3 Å². The molecule has 0 spiro atoms. The van der Waals surface area contributed by atoms with Gasteiger partial charge < -0.3 is 19.4 Å². The van der Waals surface area contributed by atoms with Crippen LogP contribution in [0.2, 0.25) is 0 Å². The molecule has 2 aromatic rings. The fourth-order valence-electron chi connectivity index (χ4n) is 2.43. The van der Waals surface area contributed by atoms with Gasteiger partial charge in [0.25, 0.3) is 5.91 Å². The van der Waals surface area contributed by atoms with E-state index in [1.165, 1.54) is 31.8 Å². The normalized spacial score (nSPS) is 17.1. The first-order chi connectivity index (χ1) is 11.2. The van der Waals surface area contributed by atoms with Crippen LogP contribution in [0.4, 0.5) is 0 Å². The fraction of sp³-hybridized carbons (Fsp3) is 0.333. The van der Waals surface area contributed by atoms with E-state index < -0.39 is 0 Å². The minimum atomic E-state index is -0.297. The quantitative estimate of drug-likeness (QED) is 0.880. The highest BCUT2D eigenvalue weighted by Crippen LogP contribution is 2.19. The monoisotopic (exact) mass is 316 g/mol. The number of nitrogens with one attached hydrogen (secondary N) is 1. The van der Waals surface area contributed by atoms with Gasteiger partial charge in [-0.2, -0.15) is 4.98 Å². The van der Waals surface area contributed by atoms with Crippen LogP contribution in [-0.4, -0.2) is 52.1 Å². The molecule has 1 fully saturated rings. The smallest absolute Gasteiger partial charge is 0.254 e. The molecule has 8 nitrogen and oxygen atoms in total. The van der Waals surface area contributed by atoms with E-state index in [9.17, 15) is 9.59 Å². The number of aromatic amines is 1. The summed E-state index contributed by atoms with van der Waals surface area (Å²) in [6, 6.07) is 2.88. The van der Waals surface area contributed by atoms with Crippen LogP contribution in [0.15, 0.2) is 35.5 Å². The van der Waals surface area contributed by atoms with Crippen LogP contribution in [0.5, 0.6) is 11.8 Å². The maximum atomic E-state index is 12.4. The molecule has 120 valence electrons. The Kier molecular flexibility index (Phi) is 4.22. The van der Waals surface area contributed by atoms with Crippen molar-refractivity contribution in [1.29, 1.82) is 0 Å². The van der Waals surface area contributed by atoms with Gasteiger partial charge in [0.2, 0.25) is 17.3 Å². The maximum Gasteiger partial charge on any atom is 0.254 e. The topological polar surface area (TPSA) is 97.4 Å². The number of methoxy groups -OCH3 is 1. The molecule has 0 bridgehead atoms. The Morgan fingerprint density at radius 1 is 1.39 bits per heavy atom. The van der Waals surface area contributed by atoms with E-state index in [0.29, 0.717) is 36.8 Å². The zero-order valence-electron chi connectivity index (χ0n) is 12.6. The van der Waals surface area contributed by atoms with Gasteiger partial charge in [0.15, 0.2) is 0 Å². The lowest BCUT2D eigenvalue weighted by molar-refractivity contribution is 0.0770. The van der Waals surface area contributed by atoms with Crippen LogP contribution in [0.1, 0.15) is 16.8 Å². The third kappa shape index (κ3) is 3.47. The molecule has 1 aliphatic rings. The Hall–Kier alpha value is -2.90. The number of aromatic nitrogens is 3. The zero-order chi connectivity index (χ0) is 16.2. The Bertz CT molecular complexity index is 761. The van der Waals surface area contributed by atoms with Crippen LogP contribution < -0.4 is 15.0 Å². The number of rotatable bonds is 4. The summed E-state index contributed by atoms with van der Waals surface area (Å²) in [5.41, 5.74) is 0.0741. The van der Waals surface area contributed by atoms with Gasteiger partial charge >= 0.3 is 0 Å². The summed E-state index contributed by atoms with van der Waals surface area (Å²) in [5, 5.41) is 0. The van der Waals surface area contributed by atoms with E-state index in [-0.39, 0.29) is 17.6 Å². The van der Waals surface area contributed by atoms with Gasteiger partial charge in [-0.05, 0) is 6.07 Å². The largest absolute Gasteiger partial charge is 0.480 e. The average Bonchev–Trinajstić information content (AvgIpc) is 3.03. The van der Waals surface area contributed by atoms with Crippen molar-refractivity contribution in [3.8, 4) is 11.8 Å². The third-order valence-corrected chi connectivity index (χ3v) is 3.54. The number of likely N-dealkylation sites (tertiary alicyclic amines) is 1. The lowest BCUT2D eigenvalue weighted by Gasteiger charge is -2.16. The number of ether oxygens (including phenoxy) is 2. The van der Waals surface area contributed by atoms with Crippen LogP contribution in [0.25, 0.3) is 0 Å². The lowest BCUT2D eigenvalue weighted by Crippen LogP contribution is -2.31. The molecule has 1 N–H and O–H groups in total. The van der Waals surface area contributed by atoms with Gasteiger partial charge in [0, 0.05) is 30.8 Å². The predicted octanol–water partition coefficient (Wildman–Crippen LogP) is 0.467. The first-order valence-corrected chi connectivity index (χ1v) is 7.16. The molecular weight excluding hydrogens is 300 g/mol. The van der Waals surface area contributed by atoms with Gasteiger partial charge in [-0.1, -0.05) is 0 Å². The number of carbonyl (C=O) groups is 1. The second-order valence-corrected chi connectivity index (χ2v) is 5.12. The number of hydrogen-bond donors (Lipinski definition) is 1. The second kappa shape index (κ2) is 6.47. The first-order valence-electron chi connectivity index (χ1n) is 7.16. The summed E-state index contributed by atoms with van der Waals surface area (Å²) >= 11 is 0. The van der Waals surface area contributed by atoms with Gasteiger partial charge in [-0.15, -0.1) is 0 Å². The molecule has 1 aliphatic heterocycles. The Labute approximate surface area is 132 Å². The van der Waals surface area contributed by atoms with Crippen molar-refractivity contribution in [2.75, 3.05) is 20.2 Å². The number of hydrogen-bond acceptors (Lipinski definition) is 6. The molecule has 2 aromatic heterocycles. The summed E-state index contributed by atoms with van der Waals surface area (Å²) < 4.78 is 10.7. The van der Waals surface area contributed by atoms with Crippen molar-refractivity contribution in [3.05, 3.63) is 46.6 Å². The third-order valence-electron chi connectivity index (χ3n) is 3.54. The standard InChI is InChI=1S/C15H16N4O4/c1-22-13-7-16-8-14(18-13)23-11-3-5-19(9-11)15(21)10-2-4-17-12(20)6-10/h2,4,6-8,11H,3,5,9H2,1H3,(H,17,20). The molecular formula is C15H16N4O4. The van der Waals surface area contributed by atoms with Crippen LogP contribution in [0.3, 0.4) is 0 Å². The first kappa shape index (κ1) is 15.0. The Balaban J connectivity index is 1.64. The van der Waals surface area contributed by atoms with Crippen molar-refractivity contribution in [2.24, 2.45) is 0 Å². The van der Waals surface area contributed by atoms with Crippen LogP contribution in [0, 0.1) is 0 Å². The molecule has 1 atom stereocenters. The Morgan fingerprint density at radius 2 is 2.22 bits per heavy atom. The molecule has 1 unspecified atom stereocenters. The highest BCUT2D eigenvalue weighted by Gasteiger charge is 2.28. The molecule has 3 heterocycles. The van der Waals surface area contributed by atoms with Crippen LogP contribution in [-0.2, 0) is 0 Å². The van der Waals surface area contributed by atoms with Crippen LogP contribution >= 0.6 is 0 Å². The summed E-state index contributed by atoms with van der Waals surface area (Å²) in [6.45, 7) is 0.998. The van der Waals surface area contributed by atoms with Crippen molar-refractivity contribution in [1.82, 2.24) is 19.9 Å². The van der Waals surface area contributed by atoms with E-state index >= 15 is 0 Å². The molecule has 8 heteroatoms. The summed E-state index contributed by atoms with van der Waals surface area (Å²) in [4.78, 5) is 35.9. The molecule has 1 amide bonds. The summed E-state index contributed by atoms with van der Waals surface area (Å²) in [6.07, 6.45) is 4.98. The van der Waals surface area contributed by atoms with Crippen molar-refractivity contribution in [2.45, 2.75) is 12.5 Å². The minimum absolute atomic E-state index is 0.164. The molecule has 0 aliphatic carbocycles. The van der Waals surface area contributed by atoms with Crippen molar-refractivity contribution >= 4 is 5.91 Å². The van der Waals surface area contributed by atoms with E-state index in [2.05, 4.69) is 15.0 Å². The SMILES string of the molecule is COc1cncc(OC2CCN(C(=O)c3cc[nH]c(=O)c3)C2)n1. The number of amides is 1. The minimum Gasteiger partial charge on any atom is -0.480 e. The molecule has 0 saturated carbocycles. The zero-order valence-corrected chi connectivity index (χ0v) is 12.6. The highest BCUT2D eigenvalue weighted by molar-refractivity contribution is 5.94. The van der Waals surface area contributed by atoms with E-state index in [4.69, 9.17) is 9.47 Å². The number of carbonyl (C=O) groups excluding carboxylic acids is 1. The van der Waals surface area contributed by atoms with Gasteiger partial charge in [-0.3, -0.25) is 14.6 Å². The van der Waals surface area contributed by atoms with Gasteiger partial charge in [0.05, 0.1) is 26.0 Å². The number of H-pyrrole nitrogens is 1. The second-order valence-electron chi connectivity index (χ2n) is 5.12. The molecule has 0 radical (unpaired) electrons. The van der Waals surface area contributed by atoms with E-state index in [1.807, 2.05) is 0 Å². The molecule has 1 saturated heterocycles. The average molecular weight is 316 g/mol. The summed E-state index contributed by atoms with van der Waals surface area (Å²) in [5.74, 6) is 0.552. The summed E-state index contributed by atoms with van der Waals surface area (Å²) in [7, 11) is 1.51. The fourth-order valence-corrected chi connectivity index (χ4v) is 2.43. The molecule has 3 rings (SSSR count). The lowest BCUT2D eigenvalue weighted by atomic mass is 10.2. The highest BCUT2D eigenvalue weighted by atomic mass is 16.5. The van der Waals surface area contributed by atoms with Crippen molar-refractivity contribution in [3.63, 3.8) is 0 Å².